The molecule has 0 unspecified atom stereocenters. The van der Waals surface area contributed by atoms with Gasteiger partial charge in [-0.2, -0.15) is 4.57 Å². The van der Waals surface area contributed by atoms with Gasteiger partial charge in [0.15, 0.2) is 6.54 Å². The summed E-state index contributed by atoms with van der Waals surface area (Å²) < 4.78 is 2.30. The molecule has 0 bridgehead atoms. The van der Waals surface area contributed by atoms with E-state index in [1.54, 1.807) is 0 Å². The minimum absolute atomic E-state index is 0. The molecule has 2 heteroatoms. The molecular formula is C18H16ClN. The number of hydrogen-bond acceptors (Lipinski definition) is 0. The highest BCUT2D eigenvalue weighted by Gasteiger charge is 2.13. The van der Waals surface area contributed by atoms with Crippen molar-refractivity contribution in [2.45, 2.75) is 6.54 Å². The van der Waals surface area contributed by atoms with Gasteiger partial charge >= 0.3 is 0 Å². The average molecular weight is 282 g/mol. The van der Waals surface area contributed by atoms with Gasteiger partial charge in [0.25, 0.3) is 0 Å². The average Bonchev–Trinajstić information content (AvgIpc) is 2.49. The summed E-state index contributed by atoms with van der Waals surface area (Å²) in [5, 5.41) is 1.25. The van der Waals surface area contributed by atoms with Crippen molar-refractivity contribution in [3.63, 3.8) is 0 Å². The van der Waals surface area contributed by atoms with Crippen LogP contribution < -0.4 is 17.0 Å². The number of nitrogens with zero attached hydrogens (tertiary/aromatic N) is 1. The predicted octanol–water partition coefficient (Wildman–Crippen LogP) is 0.823. The van der Waals surface area contributed by atoms with Gasteiger partial charge in [-0.15, -0.1) is 0 Å². The van der Waals surface area contributed by atoms with E-state index in [2.05, 4.69) is 71.8 Å². The van der Waals surface area contributed by atoms with Gasteiger partial charge in [0.2, 0.25) is 11.2 Å². The van der Waals surface area contributed by atoms with Crippen molar-refractivity contribution in [2.24, 2.45) is 0 Å². The van der Waals surface area contributed by atoms with Gasteiger partial charge in [0.1, 0.15) is 0 Å². The Morgan fingerprint density at radius 1 is 0.850 bits per heavy atom. The molecule has 20 heavy (non-hydrogen) atoms. The van der Waals surface area contributed by atoms with Crippen molar-refractivity contribution in [3.05, 3.63) is 84.6 Å². The van der Waals surface area contributed by atoms with Gasteiger partial charge in [-0.25, -0.2) is 0 Å². The molecule has 0 saturated carbocycles. The summed E-state index contributed by atoms with van der Waals surface area (Å²) in [6.45, 7) is 4.78. The summed E-state index contributed by atoms with van der Waals surface area (Å²) in [5.41, 5.74) is 3.68. The third-order valence-electron chi connectivity index (χ3n) is 3.37. The van der Waals surface area contributed by atoms with E-state index >= 15 is 0 Å². The molecule has 1 nitrogen and oxygen atoms in total. The molecule has 0 fully saturated rings. The van der Waals surface area contributed by atoms with E-state index < -0.39 is 0 Å². The molecule has 1 aromatic heterocycles. The van der Waals surface area contributed by atoms with Crippen molar-refractivity contribution in [1.82, 2.24) is 0 Å². The highest BCUT2D eigenvalue weighted by Crippen LogP contribution is 2.12. The zero-order chi connectivity index (χ0) is 13.1. The molecule has 0 atom stereocenters. The molecule has 0 spiro atoms. The fourth-order valence-corrected chi connectivity index (χ4v) is 2.40. The third kappa shape index (κ3) is 2.73. The van der Waals surface area contributed by atoms with E-state index in [1.807, 2.05) is 12.1 Å². The summed E-state index contributed by atoms with van der Waals surface area (Å²) in [6.07, 6.45) is 1.91. The zero-order valence-electron chi connectivity index (χ0n) is 11.2. The van der Waals surface area contributed by atoms with Crippen molar-refractivity contribution >= 4 is 17.0 Å². The topological polar surface area (TPSA) is 3.88 Å². The summed E-state index contributed by atoms with van der Waals surface area (Å²) >= 11 is 0. The van der Waals surface area contributed by atoms with E-state index in [-0.39, 0.29) is 12.4 Å². The Hall–Kier alpha value is -2.12. The van der Waals surface area contributed by atoms with Crippen molar-refractivity contribution in [3.8, 4) is 0 Å². The second kappa shape index (κ2) is 6.36. The lowest BCUT2D eigenvalue weighted by Crippen LogP contribution is -3.00. The normalized spacial score (nSPS) is 10.0. The monoisotopic (exact) mass is 281 g/mol. The Kier molecular flexibility index (Phi) is 4.54. The van der Waals surface area contributed by atoms with Crippen LogP contribution in [0.1, 0.15) is 11.3 Å². The highest BCUT2D eigenvalue weighted by atomic mass is 35.5. The van der Waals surface area contributed by atoms with E-state index in [1.165, 1.54) is 16.5 Å². The molecule has 0 amide bonds. The minimum Gasteiger partial charge on any atom is -1.00 e. The lowest BCUT2D eigenvalue weighted by Gasteiger charge is -2.05. The van der Waals surface area contributed by atoms with Crippen LogP contribution in [0, 0.1) is 0 Å². The fraction of sp³-hybridized carbons (Fsp3) is 0.0556. The summed E-state index contributed by atoms with van der Waals surface area (Å²) in [5.74, 6) is 0. The molecule has 0 aliphatic rings. The Morgan fingerprint density at radius 2 is 1.55 bits per heavy atom. The van der Waals surface area contributed by atoms with Crippen LogP contribution in [0.25, 0.3) is 17.0 Å². The Bertz CT molecular complexity index is 720. The highest BCUT2D eigenvalue weighted by molar-refractivity contribution is 5.76. The molecule has 0 aliphatic heterocycles. The van der Waals surface area contributed by atoms with Crippen molar-refractivity contribution in [1.29, 1.82) is 0 Å². The number of para-hydroxylation sites is 1. The number of hydrogen-bond donors (Lipinski definition) is 0. The van der Waals surface area contributed by atoms with Gasteiger partial charge in [0.05, 0.1) is 0 Å². The maximum Gasteiger partial charge on any atom is 0.213 e. The first-order valence-corrected chi connectivity index (χ1v) is 6.46. The van der Waals surface area contributed by atoms with Crippen LogP contribution >= 0.6 is 0 Å². The number of pyridine rings is 1. The predicted molar refractivity (Wildman–Crippen MR) is 79.8 cm³/mol. The van der Waals surface area contributed by atoms with E-state index in [9.17, 15) is 0 Å². The number of halogens is 1. The Labute approximate surface area is 125 Å². The lowest BCUT2D eigenvalue weighted by atomic mass is 10.1. The number of benzene rings is 2. The summed E-state index contributed by atoms with van der Waals surface area (Å²) in [6, 6.07) is 23.2. The summed E-state index contributed by atoms with van der Waals surface area (Å²) in [7, 11) is 0. The van der Waals surface area contributed by atoms with Gasteiger partial charge < -0.3 is 12.4 Å². The Morgan fingerprint density at radius 3 is 2.30 bits per heavy atom. The molecule has 0 aliphatic carbocycles. The number of aromatic nitrogens is 1. The standard InChI is InChI=1S/C18H16N.ClH/c1-2-17-13-12-16-10-6-7-11-18(16)19(17)14-15-8-4-3-5-9-15;/h2-13H,1,14H2;1H/q+1;/p-1. The van der Waals surface area contributed by atoms with E-state index in [0.29, 0.717) is 0 Å². The molecule has 0 radical (unpaired) electrons. The smallest absolute Gasteiger partial charge is 0.213 e. The molecule has 100 valence electrons. The number of rotatable bonds is 3. The molecule has 3 rings (SSSR count). The first-order chi connectivity index (χ1) is 9.38. The van der Waals surface area contributed by atoms with Crippen LogP contribution in [0.3, 0.4) is 0 Å². The largest absolute Gasteiger partial charge is 1.00 e. The van der Waals surface area contributed by atoms with Crippen LogP contribution in [-0.2, 0) is 6.54 Å². The second-order valence-corrected chi connectivity index (χ2v) is 4.59. The third-order valence-corrected chi connectivity index (χ3v) is 3.37. The Balaban J connectivity index is 0.00000147. The van der Waals surface area contributed by atoms with Gasteiger partial charge in [0, 0.05) is 29.2 Å². The van der Waals surface area contributed by atoms with E-state index in [0.717, 1.165) is 12.2 Å². The second-order valence-electron chi connectivity index (χ2n) is 4.59. The zero-order valence-corrected chi connectivity index (χ0v) is 11.9. The van der Waals surface area contributed by atoms with Crippen LogP contribution in [0.4, 0.5) is 0 Å². The van der Waals surface area contributed by atoms with Crippen molar-refractivity contribution in [2.75, 3.05) is 0 Å². The lowest BCUT2D eigenvalue weighted by molar-refractivity contribution is -0.664. The molecule has 3 aromatic rings. The van der Waals surface area contributed by atoms with Gasteiger partial charge in [-0.3, -0.25) is 0 Å². The molecule has 0 N–H and O–H groups in total. The fourth-order valence-electron chi connectivity index (χ4n) is 2.40. The van der Waals surface area contributed by atoms with E-state index in [4.69, 9.17) is 0 Å². The maximum absolute atomic E-state index is 3.92. The molecule has 2 aromatic carbocycles. The first-order valence-electron chi connectivity index (χ1n) is 6.46. The number of fused-ring (bicyclic) bond motifs is 1. The molecule has 0 saturated heterocycles. The first kappa shape index (κ1) is 14.3. The van der Waals surface area contributed by atoms with Gasteiger partial charge in [-0.1, -0.05) is 49.0 Å². The van der Waals surface area contributed by atoms with Crippen molar-refractivity contribution < 1.29 is 17.0 Å². The van der Waals surface area contributed by atoms with Gasteiger partial charge in [-0.05, 0) is 12.1 Å². The molecule has 1 heterocycles. The SMILES string of the molecule is C=Cc1ccc2ccccc2[n+]1Cc1ccccc1.[Cl-]. The molecular weight excluding hydrogens is 266 g/mol. The maximum atomic E-state index is 3.92. The van der Waals surface area contributed by atoms with Crippen LogP contribution in [0.15, 0.2) is 73.3 Å². The van der Waals surface area contributed by atoms with Crippen LogP contribution in [-0.4, -0.2) is 0 Å². The van der Waals surface area contributed by atoms with Crippen LogP contribution in [0.5, 0.6) is 0 Å². The minimum atomic E-state index is 0. The quantitative estimate of drug-likeness (QED) is 0.626. The van der Waals surface area contributed by atoms with Crippen LogP contribution in [0.2, 0.25) is 0 Å². The summed E-state index contributed by atoms with van der Waals surface area (Å²) in [4.78, 5) is 0.